The molecule has 8 heteroatoms. The second kappa shape index (κ2) is 5.30. The molecule has 1 aromatic rings. The van der Waals surface area contributed by atoms with Gasteiger partial charge in [0.25, 0.3) is 0 Å². The molecule has 0 aliphatic carbocycles. The molecule has 0 radical (unpaired) electrons. The lowest BCUT2D eigenvalue weighted by molar-refractivity contribution is -0.261. The van der Waals surface area contributed by atoms with Crippen LogP contribution in [0.1, 0.15) is 0 Å². The number of hydrogen-bond donors (Lipinski definition) is 0. The minimum absolute atomic E-state index is 0.492. The molecule has 0 unspecified atom stereocenters. The SMILES string of the molecule is COc1cncc(N2CCN(C)C23OC(=O)C=CC(=O)O3)c1. The Kier molecular flexibility index (Phi) is 3.45. The van der Waals surface area contributed by atoms with Gasteiger partial charge in [-0.05, 0) is 7.05 Å². The molecular formula is C14H15N3O5. The van der Waals surface area contributed by atoms with Crippen LogP contribution in [0.15, 0.2) is 30.6 Å². The fourth-order valence-electron chi connectivity index (χ4n) is 2.45. The molecule has 0 aromatic carbocycles. The zero-order valence-corrected chi connectivity index (χ0v) is 12.2. The third-order valence-electron chi connectivity index (χ3n) is 3.55. The summed E-state index contributed by atoms with van der Waals surface area (Å²) >= 11 is 0. The standard InChI is InChI=1S/C14H15N3O5/c1-16-5-6-17(10-7-11(20-2)9-15-8-10)14(16)21-12(18)3-4-13(19)22-14/h3-4,7-9H,5-6H2,1-2H3. The van der Waals surface area contributed by atoms with Gasteiger partial charge in [-0.15, -0.1) is 0 Å². The summed E-state index contributed by atoms with van der Waals surface area (Å²) in [7, 11) is 3.24. The molecule has 0 saturated carbocycles. The Morgan fingerprint density at radius 1 is 1.18 bits per heavy atom. The number of likely N-dealkylation sites (N-methyl/N-ethyl adjacent to an activating group) is 1. The summed E-state index contributed by atoms with van der Waals surface area (Å²) in [6, 6.07) is 0.111. The van der Waals surface area contributed by atoms with Crippen molar-refractivity contribution in [2.24, 2.45) is 0 Å². The maximum absolute atomic E-state index is 11.8. The lowest BCUT2D eigenvalue weighted by atomic mass is 10.3. The van der Waals surface area contributed by atoms with Gasteiger partial charge in [0.05, 0.1) is 25.2 Å². The largest absolute Gasteiger partial charge is 0.495 e. The van der Waals surface area contributed by atoms with Gasteiger partial charge in [0.1, 0.15) is 5.75 Å². The van der Waals surface area contributed by atoms with Crippen LogP contribution in [0.25, 0.3) is 0 Å². The van der Waals surface area contributed by atoms with Gasteiger partial charge in [-0.2, -0.15) is 0 Å². The molecule has 1 saturated heterocycles. The highest BCUT2D eigenvalue weighted by Gasteiger charge is 2.54. The minimum Gasteiger partial charge on any atom is -0.495 e. The number of esters is 2. The molecule has 3 heterocycles. The summed E-state index contributed by atoms with van der Waals surface area (Å²) < 4.78 is 15.9. The number of aromatic nitrogens is 1. The molecule has 2 aliphatic rings. The summed E-state index contributed by atoms with van der Waals surface area (Å²) in [5.41, 5.74) is 0.617. The molecule has 0 amide bonds. The molecule has 0 atom stereocenters. The zero-order valence-electron chi connectivity index (χ0n) is 12.2. The Morgan fingerprint density at radius 3 is 2.50 bits per heavy atom. The van der Waals surface area contributed by atoms with Gasteiger partial charge >= 0.3 is 18.0 Å². The molecular weight excluding hydrogens is 290 g/mol. The van der Waals surface area contributed by atoms with Crippen LogP contribution in [-0.4, -0.2) is 55.1 Å². The molecule has 22 heavy (non-hydrogen) atoms. The molecule has 8 nitrogen and oxygen atoms in total. The monoisotopic (exact) mass is 305 g/mol. The van der Waals surface area contributed by atoms with Crippen LogP contribution in [0, 0.1) is 0 Å². The lowest BCUT2D eigenvalue weighted by Gasteiger charge is -2.38. The molecule has 1 aromatic heterocycles. The van der Waals surface area contributed by atoms with Crippen LogP contribution in [0.2, 0.25) is 0 Å². The van der Waals surface area contributed by atoms with Gasteiger partial charge in [0.2, 0.25) is 0 Å². The first-order valence-corrected chi connectivity index (χ1v) is 6.67. The third-order valence-corrected chi connectivity index (χ3v) is 3.55. The van der Waals surface area contributed by atoms with Gasteiger partial charge in [-0.3, -0.25) is 9.88 Å². The fourth-order valence-corrected chi connectivity index (χ4v) is 2.45. The first kappa shape index (κ1) is 14.3. The summed E-state index contributed by atoms with van der Waals surface area (Å²) in [5, 5.41) is 0. The normalized spacial score (nSPS) is 20.7. The van der Waals surface area contributed by atoms with Crippen molar-refractivity contribution in [1.29, 1.82) is 0 Å². The highest BCUT2D eigenvalue weighted by Crippen LogP contribution is 2.35. The number of anilines is 1. The number of methoxy groups -OCH3 is 1. The predicted octanol–water partition coefficient (Wildman–Crippen LogP) is 0.109. The molecule has 0 bridgehead atoms. The molecule has 3 rings (SSSR count). The van der Waals surface area contributed by atoms with Crippen molar-refractivity contribution in [1.82, 2.24) is 9.88 Å². The highest BCUT2D eigenvalue weighted by molar-refractivity contribution is 5.93. The first-order chi connectivity index (χ1) is 10.5. The topological polar surface area (TPSA) is 81.2 Å². The van der Waals surface area contributed by atoms with E-state index in [4.69, 9.17) is 14.2 Å². The quantitative estimate of drug-likeness (QED) is 0.712. The summed E-state index contributed by atoms with van der Waals surface area (Å²) in [4.78, 5) is 31.0. The number of ether oxygens (including phenoxy) is 3. The van der Waals surface area contributed by atoms with Crippen molar-refractivity contribution in [2.45, 2.75) is 6.03 Å². The van der Waals surface area contributed by atoms with E-state index in [1.54, 1.807) is 35.3 Å². The summed E-state index contributed by atoms with van der Waals surface area (Å²) in [6.07, 6.45) is 5.24. The second-order valence-electron chi connectivity index (χ2n) is 4.88. The predicted molar refractivity (Wildman–Crippen MR) is 74.8 cm³/mol. The van der Waals surface area contributed by atoms with Crippen molar-refractivity contribution in [3.63, 3.8) is 0 Å². The number of hydrogen-bond acceptors (Lipinski definition) is 8. The van der Waals surface area contributed by atoms with E-state index >= 15 is 0 Å². The first-order valence-electron chi connectivity index (χ1n) is 6.67. The molecule has 1 spiro atoms. The van der Waals surface area contributed by atoms with E-state index in [1.165, 1.54) is 7.11 Å². The maximum Gasteiger partial charge on any atom is 0.415 e. The van der Waals surface area contributed by atoms with E-state index in [1.807, 2.05) is 0 Å². The van der Waals surface area contributed by atoms with Crippen LogP contribution >= 0.6 is 0 Å². The highest BCUT2D eigenvalue weighted by atomic mass is 16.8. The summed E-state index contributed by atoms with van der Waals surface area (Å²) in [6.45, 7) is 1.03. The van der Waals surface area contributed by atoms with E-state index < -0.39 is 18.0 Å². The van der Waals surface area contributed by atoms with Crippen molar-refractivity contribution in [2.75, 3.05) is 32.1 Å². The van der Waals surface area contributed by atoms with Crippen LogP contribution in [0.3, 0.4) is 0 Å². The average molecular weight is 305 g/mol. The van der Waals surface area contributed by atoms with Crippen LogP contribution < -0.4 is 9.64 Å². The third kappa shape index (κ3) is 2.27. The number of nitrogens with zero attached hydrogens (tertiary/aromatic N) is 3. The van der Waals surface area contributed by atoms with Crippen molar-refractivity contribution in [3.05, 3.63) is 30.6 Å². The Morgan fingerprint density at radius 2 is 1.86 bits per heavy atom. The number of carbonyl (C=O) groups excluding carboxylic acids is 2. The van der Waals surface area contributed by atoms with Crippen molar-refractivity contribution < 1.29 is 23.8 Å². The van der Waals surface area contributed by atoms with Gasteiger partial charge < -0.3 is 14.2 Å². The van der Waals surface area contributed by atoms with Gasteiger partial charge in [0.15, 0.2) is 0 Å². The van der Waals surface area contributed by atoms with Gasteiger partial charge in [-0.1, -0.05) is 0 Å². The Labute approximate surface area is 126 Å². The van der Waals surface area contributed by atoms with Crippen molar-refractivity contribution in [3.8, 4) is 5.75 Å². The van der Waals surface area contributed by atoms with Crippen LogP contribution in [0.5, 0.6) is 5.75 Å². The Balaban J connectivity index is 2.03. The van der Waals surface area contributed by atoms with E-state index in [9.17, 15) is 9.59 Å². The van der Waals surface area contributed by atoms with E-state index in [-0.39, 0.29) is 0 Å². The number of pyridine rings is 1. The number of rotatable bonds is 2. The van der Waals surface area contributed by atoms with Gasteiger partial charge in [0, 0.05) is 31.3 Å². The van der Waals surface area contributed by atoms with Crippen LogP contribution in [0.4, 0.5) is 5.69 Å². The second-order valence-corrected chi connectivity index (χ2v) is 4.88. The van der Waals surface area contributed by atoms with Gasteiger partial charge in [-0.25, -0.2) is 14.5 Å². The molecule has 1 fully saturated rings. The molecule has 2 aliphatic heterocycles. The average Bonchev–Trinajstić information content (AvgIpc) is 2.72. The lowest BCUT2D eigenvalue weighted by Crippen LogP contribution is -2.58. The smallest absolute Gasteiger partial charge is 0.415 e. The van der Waals surface area contributed by atoms with E-state index in [0.29, 0.717) is 24.5 Å². The zero-order chi connectivity index (χ0) is 15.7. The number of carbonyl (C=O) groups is 2. The molecule has 0 N–H and O–H groups in total. The maximum atomic E-state index is 11.8. The summed E-state index contributed by atoms with van der Waals surface area (Å²) in [5.74, 6) is -0.757. The van der Waals surface area contributed by atoms with Crippen LogP contribution in [-0.2, 0) is 19.1 Å². The Bertz CT molecular complexity index is 625. The minimum atomic E-state index is -1.62. The fraction of sp³-hybridized carbons (Fsp3) is 0.357. The molecule has 116 valence electrons. The van der Waals surface area contributed by atoms with Crippen molar-refractivity contribution >= 4 is 17.6 Å². The van der Waals surface area contributed by atoms with E-state index in [0.717, 1.165) is 12.2 Å². The van der Waals surface area contributed by atoms with E-state index in [2.05, 4.69) is 4.98 Å². The Hall–Kier alpha value is -2.61.